The van der Waals surface area contributed by atoms with Crippen molar-refractivity contribution in [2.75, 3.05) is 18.9 Å². The summed E-state index contributed by atoms with van der Waals surface area (Å²) in [7, 11) is 0. The molecular formula is C14H14N2O2. The van der Waals surface area contributed by atoms with Crippen LogP contribution in [0.2, 0.25) is 0 Å². The lowest BCUT2D eigenvalue weighted by Gasteiger charge is -2.19. The van der Waals surface area contributed by atoms with E-state index in [1.54, 1.807) is 6.20 Å². The van der Waals surface area contributed by atoms with Crippen molar-refractivity contribution in [3.8, 4) is 22.6 Å². The zero-order chi connectivity index (χ0) is 12.5. The summed E-state index contributed by atoms with van der Waals surface area (Å²) in [5.41, 5.74) is 8.87. The number of benzene rings is 1. The molecule has 1 aliphatic rings. The van der Waals surface area contributed by atoms with Gasteiger partial charge in [0.2, 0.25) is 0 Å². The molecule has 92 valence electrons. The quantitative estimate of drug-likeness (QED) is 0.834. The van der Waals surface area contributed by atoms with Crippen LogP contribution in [-0.4, -0.2) is 18.2 Å². The molecule has 0 bridgehead atoms. The third-order valence-corrected chi connectivity index (χ3v) is 2.99. The monoisotopic (exact) mass is 242 g/mol. The number of nitrogens with zero attached hydrogens (tertiary/aromatic N) is 1. The summed E-state index contributed by atoms with van der Waals surface area (Å²) >= 11 is 0. The molecule has 0 radical (unpaired) electrons. The van der Waals surface area contributed by atoms with Crippen LogP contribution in [0.4, 0.5) is 5.82 Å². The van der Waals surface area contributed by atoms with Crippen molar-refractivity contribution in [3.05, 3.63) is 36.0 Å². The Balaban J connectivity index is 2.06. The van der Waals surface area contributed by atoms with Gasteiger partial charge in [-0.2, -0.15) is 0 Å². The van der Waals surface area contributed by atoms with Crippen molar-refractivity contribution < 1.29 is 9.47 Å². The SMILES string of the molecule is Cc1cc(N)ncc1-c1ccc2c(c1)OCCO2. The second-order valence-corrected chi connectivity index (χ2v) is 4.28. The van der Waals surface area contributed by atoms with Crippen molar-refractivity contribution in [1.29, 1.82) is 0 Å². The minimum Gasteiger partial charge on any atom is -0.486 e. The van der Waals surface area contributed by atoms with Gasteiger partial charge in [-0.15, -0.1) is 0 Å². The molecule has 0 atom stereocenters. The van der Waals surface area contributed by atoms with Crippen LogP contribution in [0.1, 0.15) is 5.56 Å². The van der Waals surface area contributed by atoms with Gasteiger partial charge in [0.05, 0.1) is 0 Å². The van der Waals surface area contributed by atoms with Crippen LogP contribution in [0, 0.1) is 6.92 Å². The van der Waals surface area contributed by atoms with Crippen molar-refractivity contribution in [3.63, 3.8) is 0 Å². The first-order valence-corrected chi connectivity index (χ1v) is 5.86. The molecule has 18 heavy (non-hydrogen) atoms. The van der Waals surface area contributed by atoms with Gasteiger partial charge >= 0.3 is 0 Å². The Morgan fingerprint density at radius 2 is 1.89 bits per heavy atom. The predicted octanol–water partition coefficient (Wildman–Crippen LogP) is 2.41. The predicted molar refractivity (Wildman–Crippen MR) is 69.8 cm³/mol. The van der Waals surface area contributed by atoms with E-state index >= 15 is 0 Å². The minimum atomic E-state index is 0.536. The molecular weight excluding hydrogens is 228 g/mol. The number of nitrogens with two attached hydrogens (primary N) is 1. The normalized spacial score (nSPS) is 13.4. The standard InChI is InChI=1S/C14H14N2O2/c1-9-6-14(15)16-8-11(9)10-2-3-12-13(7-10)18-5-4-17-12/h2-3,6-8H,4-5H2,1H3,(H2,15,16). The largest absolute Gasteiger partial charge is 0.486 e. The summed E-state index contributed by atoms with van der Waals surface area (Å²) < 4.78 is 11.1. The first kappa shape index (κ1) is 10.9. The fourth-order valence-corrected chi connectivity index (χ4v) is 2.09. The van der Waals surface area contributed by atoms with E-state index < -0.39 is 0 Å². The van der Waals surface area contributed by atoms with E-state index in [4.69, 9.17) is 15.2 Å². The van der Waals surface area contributed by atoms with Crippen LogP contribution < -0.4 is 15.2 Å². The molecule has 4 nitrogen and oxygen atoms in total. The minimum absolute atomic E-state index is 0.536. The summed E-state index contributed by atoms with van der Waals surface area (Å²) in [5.74, 6) is 2.12. The van der Waals surface area contributed by atoms with Crippen molar-refractivity contribution in [2.45, 2.75) is 6.92 Å². The number of aromatic nitrogens is 1. The maximum Gasteiger partial charge on any atom is 0.161 e. The Morgan fingerprint density at radius 3 is 2.67 bits per heavy atom. The van der Waals surface area contributed by atoms with Gasteiger partial charge in [0.15, 0.2) is 11.5 Å². The molecule has 0 fully saturated rings. The topological polar surface area (TPSA) is 57.4 Å². The average molecular weight is 242 g/mol. The highest BCUT2D eigenvalue weighted by Crippen LogP contribution is 2.35. The van der Waals surface area contributed by atoms with Gasteiger partial charge in [0, 0.05) is 11.8 Å². The first-order valence-electron chi connectivity index (χ1n) is 5.86. The van der Waals surface area contributed by atoms with E-state index in [0.29, 0.717) is 19.0 Å². The first-order chi connectivity index (χ1) is 8.74. The average Bonchev–Trinajstić information content (AvgIpc) is 2.38. The number of rotatable bonds is 1. The second kappa shape index (κ2) is 4.22. The molecule has 0 saturated carbocycles. The number of pyridine rings is 1. The summed E-state index contributed by atoms with van der Waals surface area (Å²) in [6, 6.07) is 7.79. The van der Waals surface area contributed by atoms with Gasteiger partial charge in [-0.1, -0.05) is 6.07 Å². The number of nitrogen functional groups attached to an aromatic ring is 1. The molecule has 1 aromatic heterocycles. The molecule has 0 unspecified atom stereocenters. The number of ether oxygens (including phenoxy) is 2. The molecule has 4 heteroatoms. The fourth-order valence-electron chi connectivity index (χ4n) is 2.09. The van der Waals surface area contributed by atoms with Crippen LogP contribution in [0.15, 0.2) is 30.5 Å². The van der Waals surface area contributed by atoms with E-state index in [2.05, 4.69) is 4.98 Å². The number of hydrogen-bond donors (Lipinski definition) is 1. The van der Waals surface area contributed by atoms with Crippen LogP contribution in [0.25, 0.3) is 11.1 Å². The summed E-state index contributed by atoms with van der Waals surface area (Å²) in [5, 5.41) is 0. The van der Waals surface area contributed by atoms with Crippen LogP contribution >= 0.6 is 0 Å². The van der Waals surface area contributed by atoms with Gasteiger partial charge in [-0.3, -0.25) is 0 Å². The molecule has 1 aliphatic heterocycles. The Labute approximate surface area is 105 Å². The molecule has 0 saturated heterocycles. The molecule has 2 N–H and O–H groups in total. The Hall–Kier alpha value is -2.23. The van der Waals surface area contributed by atoms with E-state index in [1.807, 2.05) is 31.2 Å². The summed E-state index contributed by atoms with van der Waals surface area (Å²) in [6.45, 7) is 3.22. The molecule has 2 aromatic rings. The van der Waals surface area contributed by atoms with Crippen LogP contribution in [0.5, 0.6) is 11.5 Å². The van der Waals surface area contributed by atoms with E-state index in [-0.39, 0.29) is 0 Å². The van der Waals surface area contributed by atoms with Gasteiger partial charge in [0.25, 0.3) is 0 Å². The molecule has 0 aliphatic carbocycles. The Morgan fingerprint density at radius 1 is 1.11 bits per heavy atom. The second-order valence-electron chi connectivity index (χ2n) is 4.28. The highest BCUT2D eigenvalue weighted by molar-refractivity contribution is 5.70. The van der Waals surface area contributed by atoms with Gasteiger partial charge < -0.3 is 15.2 Å². The van der Waals surface area contributed by atoms with Gasteiger partial charge in [-0.25, -0.2) is 4.98 Å². The number of fused-ring (bicyclic) bond motifs is 1. The lowest BCUT2D eigenvalue weighted by atomic mass is 10.0. The highest BCUT2D eigenvalue weighted by atomic mass is 16.6. The fraction of sp³-hybridized carbons (Fsp3) is 0.214. The van der Waals surface area contributed by atoms with E-state index in [1.165, 1.54) is 0 Å². The highest BCUT2D eigenvalue weighted by Gasteiger charge is 2.13. The zero-order valence-corrected chi connectivity index (χ0v) is 10.1. The van der Waals surface area contributed by atoms with Crippen LogP contribution in [-0.2, 0) is 0 Å². The lowest BCUT2D eigenvalue weighted by molar-refractivity contribution is 0.171. The third-order valence-electron chi connectivity index (χ3n) is 2.99. The van der Waals surface area contributed by atoms with Gasteiger partial charge in [0.1, 0.15) is 19.0 Å². The maximum atomic E-state index is 5.66. The molecule has 2 heterocycles. The number of aryl methyl sites for hydroxylation is 1. The van der Waals surface area contributed by atoms with Gasteiger partial charge in [-0.05, 0) is 36.2 Å². The smallest absolute Gasteiger partial charge is 0.161 e. The maximum absolute atomic E-state index is 5.66. The van der Waals surface area contributed by atoms with E-state index in [0.717, 1.165) is 28.2 Å². The number of anilines is 1. The number of hydrogen-bond acceptors (Lipinski definition) is 4. The Kier molecular flexibility index (Phi) is 2.55. The van der Waals surface area contributed by atoms with Crippen molar-refractivity contribution >= 4 is 5.82 Å². The zero-order valence-electron chi connectivity index (χ0n) is 10.1. The summed E-state index contributed by atoms with van der Waals surface area (Å²) in [6.07, 6.45) is 1.79. The van der Waals surface area contributed by atoms with Crippen molar-refractivity contribution in [1.82, 2.24) is 4.98 Å². The molecule has 1 aromatic carbocycles. The molecule has 0 amide bonds. The van der Waals surface area contributed by atoms with E-state index in [9.17, 15) is 0 Å². The Bertz CT molecular complexity index is 596. The lowest BCUT2D eigenvalue weighted by Crippen LogP contribution is -2.15. The third kappa shape index (κ3) is 1.86. The van der Waals surface area contributed by atoms with Crippen molar-refractivity contribution in [2.24, 2.45) is 0 Å². The molecule has 3 rings (SSSR count). The molecule has 0 spiro atoms. The summed E-state index contributed by atoms with van der Waals surface area (Å²) in [4.78, 5) is 4.13. The van der Waals surface area contributed by atoms with Crippen LogP contribution in [0.3, 0.4) is 0 Å².